The van der Waals surface area contributed by atoms with E-state index < -0.39 is 0 Å². The highest BCUT2D eigenvalue weighted by molar-refractivity contribution is 5.85. The molecule has 0 aromatic rings. The van der Waals surface area contributed by atoms with Crippen LogP contribution in [0.25, 0.3) is 0 Å². The molecule has 4 nitrogen and oxygen atoms in total. The predicted octanol–water partition coefficient (Wildman–Crippen LogP) is -1.06. The Morgan fingerprint density at radius 2 is 2.00 bits per heavy atom. The lowest BCUT2D eigenvalue weighted by Crippen LogP contribution is -2.31. The molecule has 0 aliphatic rings. The Morgan fingerprint density at radius 1 is 1.50 bits per heavy atom. The maximum atomic E-state index is 9.67. The van der Waals surface area contributed by atoms with Gasteiger partial charge in [0.1, 0.15) is 0 Å². The molecular formula is C4H9N3O. The highest BCUT2D eigenvalue weighted by atomic mass is 16.1. The molecule has 0 radical (unpaired) electrons. The zero-order chi connectivity index (χ0) is 6.41. The Bertz CT molecular complexity index is 93.5. The summed E-state index contributed by atoms with van der Waals surface area (Å²) in [5.74, 6) is 0.472. The van der Waals surface area contributed by atoms with Crippen molar-refractivity contribution in [3.8, 4) is 0 Å². The van der Waals surface area contributed by atoms with Gasteiger partial charge in [0.05, 0.1) is 0 Å². The first kappa shape index (κ1) is 6.94. The largest absolute Gasteiger partial charge is 0.359 e. The van der Waals surface area contributed by atoms with Crippen LogP contribution in [0.4, 0.5) is 0 Å². The number of carbonyl (C=O) groups excluding carboxylic acids is 1. The Kier molecular flexibility index (Phi) is 3.56. The quantitative estimate of drug-likeness (QED) is 0.260. The van der Waals surface area contributed by atoms with E-state index in [1.807, 2.05) is 0 Å². The van der Waals surface area contributed by atoms with Crippen LogP contribution in [0.15, 0.2) is 4.99 Å². The molecule has 0 atom stereocenters. The predicted molar refractivity (Wildman–Crippen MR) is 31.6 cm³/mol. The lowest BCUT2D eigenvalue weighted by molar-refractivity contribution is -0.106. The molecule has 8 heavy (non-hydrogen) atoms. The van der Waals surface area contributed by atoms with Crippen molar-refractivity contribution in [2.75, 3.05) is 14.1 Å². The van der Waals surface area contributed by atoms with Gasteiger partial charge < -0.3 is 10.6 Å². The number of aliphatic imine (C=N–C) groups is 1. The first-order valence-corrected chi connectivity index (χ1v) is 2.22. The molecule has 0 aliphatic heterocycles. The zero-order valence-electron chi connectivity index (χ0n) is 4.93. The van der Waals surface area contributed by atoms with Crippen molar-refractivity contribution in [3.63, 3.8) is 0 Å². The van der Waals surface area contributed by atoms with Crippen LogP contribution in [0.1, 0.15) is 0 Å². The molecule has 2 N–H and O–H groups in total. The third-order valence-electron chi connectivity index (χ3n) is 0.655. The molecule has 0 aromatic carbocycles. The third-order valence-corrected chi connectivity index (χ3v) is 0.655. The van der Waals surface area contributed by atoms with Crippen molar-refractivity contribution in [1.82, 2.24) is 10.6 Å². The van der Waals surface area contributed by atoms with Crippen molar-refractivity contribution in [2.24, 2.45) is 4.99 Å². The number of rotatable bonds is 1. The van der Waals surface area contributed by atoms with Gasteiger partial charge in [0, 0.05) is 14.1 Å². The van der Waals surface area contributed by atoms with Crippen LogP contribution in [-0.4, -0.2) is 26.5 Å². The second-order valence-electron chi connectivity index (χ2n) is 1.08. The Morgan fingerprint density at radius 3 is 2.12 bits per heavy atom. The molecule has 0 bridgehead atoms. The van der Waals surface area contributed by atoms with Crippen LogP contribution < -0.4 is 10.6 Å². The van der Waals surface area contributed by atoms with Crippen molar-refractivity contribution in [2.45, 2.75) is 0 Å². The molecule has 0 aromatic heterocycles. The highest BCUT2D eigenvalue weighted by Gasteiger charge is 1.82. The number of carbonyl (C=O) groups is 1. The SMILES string of the molecule is CNC(=NC=O)NC. The van der Waals surface area contributed by atoms with Gasteiger partial charge in [-0.25, -0.2) is 0 Å². The lowest BCUT2D eigenvalue weighted by atomic mass is 10.9. The van der Waals surface area contributed by atoms with Gasteiger partial charge >= 0.3 is 0 Å². The van der Waals surface area contributed by atoms with Gasteiger partial charge in [0.2, 0.25) is 6.41 Å². The van der Waals surface area contributed by atoms with Crippen LogP contribution in [0, 0.1) is 0 Å². The zero-order valence-corrected chi connectivity index (χ0v) is 4.93. The number of hydrogen-bond acceptors (Lipinski definition) is 1. The van der Waals surface area contributed by atoms with Gasteiger partial charge in [-0.15, -0.1) is 0 Å². The molecule has 0 spiro atoms. The minimum Gasteiger partial charge on any atom is -0.359 e. The Labute approximate surface area is 48.0 Å². The molecular weight excluding hydrogens is 106 g/mol. The van der Waals surface area contributed by atoms with E-state index in [-0.39, 0.29) is 0 Å². The minimum absolute atomic E-state index is 0.472. The molecule has 0 unspecified atom stereocenters. The first-order chi connectivity index (χ1) is 3.85. The van der Waals surface area contributed by atoms with Gasteiger partial charge in [-0.1, -0.05) is 0 Å². The summed E-state index contributed by atoms with van der Waals surface area (Å²) >= 11 is 0. The van der Waals surface area contributed by atoms with E-state index in [0.29, 0.717) is 12.4 Å². The smallest absolute Gasteiger partial charge is 0.236 e. The Hall–Kier alpha value is -1.06. The second-order valence-corrected chi connectivity index (χ2v) is 1.08. The van der Waals surface area contributed by atoms with Crippen LogP contribution in [0.5, 0.6) is 0 Å². The van der Waals surface area contributed by atoms with E-state index >= 15 is 0 Å². The summed E-state index contributed by atoms with van der Waals surface area (Å²) in [4.78, 5) is 13.0. The van der Waals surface area contributed by atoms with Crippen molar-refractivity contribution < 1.29 is 4.79 Å². The normalized spacial score (nSPS) is 7.25. The van der Waals surface area contributed by atoms with Gasteiger partial charge in [0.15, 0.2) is 5.96 Å². The van der Waals surface area contributed by atoms with Crippen LogP contribution in [-0.2, 0) is 4.79 Å². The van der Waals surface area contributed by atoms with Crippen molar-refractivity contribution >= 4 is 12.4 Å². The number of hydrogen-bond donors (Lipinski definition) is 2. The molecule has 0 rings (SSSR count). The van der Waals surface area contributed by atoms with Gasteiger partial charge in [0.25, 0.3) is 0 Å². The van der Waals surface area contributed by atoms with Crippen molar-refractivity contribution in [3.05, 3.63) is 0 Å². The van der Waals surface area contributed by atoms with Gasteiger partial charge in [-0.3, -0.25) is 4.79 Å². The van der Waals surface area contributed by atoms with E-state index in [0.717, 1.165) is 0 Å². The third kappa shape index (κ3) is 2.17. The van der Waals surface area contributed by atoms with E-state index in [4.69, 9.17) is 0 Å². The maximum Gasteiger partial charge on any atom is 0.236 e. The minimum atomic E-state index is 0.472. The summed E-state index contributed by atoms with van der Waals surface area (Å²) in [7, 11) is 3.36. The van der Waals surface area contributed by atoms with Crippen LogP contribution in [0.2, 0.25) is 0 Å². The van der Waals surface area contributed by atoms with E-state index in [1.54, 1.807) is 14.1 Å². The van der Waals surface area contributed by atoms with E-state index in [9.17, 15) is 4.79 Å². The monoisotopic (exact) mass is 115 g/mol. The van der Waals surface area contributed by atoms with E-state index in [1.165, 1.54) is 0 Å². The van der Waals surface area contributed by atoms with Crippen LogP contribution in [0.3, 0.4) is 0 Å². The first-order valence-electron chi connectivity index (χ1n) is 2.22. The summed E-state index contributed by atoms with van der Waals surface area (Å²) in [5, 5.41) is 5.32. The fourth-order valence-corrected chi connectivity index (χ4v) is 0.307. The number of amides is 1. The topological polar surface area (TPSA) is 53.5 Å². The second kappa shape index (κ2) is 4.11. The summed E-state index contributed by atoms with van der Waals surface area (Å²) in [6, 6.07) is 0. The summed E-state index contributed by atoms with van der Waals surface area (Å²) in [5.41, 5.74) is 0. The number of guanidine groups is 1. The molecule has 0 saturated heterocycles. The Balaban J connectivity index is 3.66. The summed E-state index contributed by atoms with van der Waals surface area (Å²) in [6.45, 7) is 0. The average Bonchev–Trinajstić information content (AvgIpc) is 1.83. The standard InChI is InChI=1S/C4H9N3O/c1-5-4(6-2)7-3-8/h3H,1-2H3,(H2,5,6,7,8). The molecule has 0 saturated carbocycles. The fraction of sp³-hybridized carbons (Fsp3) is 0.500. The summed E-state index contributed by atoms with van der Waals surface area (Å²) < 4.78 is 0. The van der Waals surface area contributed by atoms with E-state index in [2.05, 4.69) is 15.6 Å². The molecule has 0 heterocycles. The summed E-state index contributed by atoms with van der Waals surface area (Å²) in [6.07, 6.45) is 0.475. The molecule has 0 fully saturated rings. The van der Waals surface area contributed by atoms with Gasteiger partial charge in [-0.2, -0.15) is 4.99 Å². The molecule has 4 heteroatoms. The van der Waals surface area contributed by atoms with Crippen molar-refractivity contribution in [1.29, 1.82) is 0 Å². The maximum absolute atomic E-state index is 9.67. The fourth-order valence-electron chi connectivity index (χ4n) is 0.307. The number of nitrogens with one attached hydrogen (secondary N) is 2. The average molecular weight is 115 g/mol. The highest BCUT2D eigenvalue weighted by Crippen LogP contribution is 1.57. The van der Waals surface area contributed by atoms with Crippen LogP contribution >= 0.6 is 0 Å². The molecule has 1 amide bonds. The molecule has 0 aliphatic carbocycles. The molecule has 46 valence electrons. The lowest BCUT2D eigenvalue weighted by Gasteiger charge is -1.98. The number of nitrogens with zero attached hydrogens (tertiary/aromatic N) is 1. The van der Waals surface area contributed by atoms with Gasteiger partial charge in [-0.05, 0) is 0 Å².